The molecule has 2 N–H and O–H groups in total. The highest BCUT2D eigenvalue weighted by atomic mass is 32.2. The van der Waals surface area contributed by atoms with Crippen LogP contribution in [0.15, 0.2) is 76.0 Å². The summed E-state index contributed by atoms with van der Waals surface area (Å²) in [4.78, 5) is 43.4. The van der Waals surface area contributed by atoms with Crippen molar-refractivity contribution in [2.45, 2.75) is 25.0 Å². The lowest BCUT2D eigenvalue weighted by Crippen LogP contribution is -2.41. The van der Waals surface area contributed by atoms with Gasteiger partial charge in [-0.1, -0.05) is 59.8 Å². The normalized spacial score (nSPS) is 10.9. The molecule has 0 fully saturated rings. The molecule has 0 aliphatic heterocycles. The highest BCUT2D eigenvalue weighted by molar-refractivity contribution is 7.99. The SMILES string of the molecule is Cc1ccc(Cn2c(SCC(=O)NC(=O)NCCc3cccs3)nc3ccccc3c2=O)cc1. The predicted octanol–water partition coefficient (Wildman–Crippen LogP) is 3.98. The standard InChI is InChI=1S/C25H24N4O3S2/c1-17-8-10-18(11-9-17)15-29-23(31)20-6-2-3-7-21(20)27-25(29)34-16-22(30)28-24(32)26-13-12-19-5-4-14-33-19/h2-11,14H,12-13,15-16H2,1H3,(H2,26,28,30,32). The van der Waals surface area contributed by atoms with Gasteiger partial charge in [-0.25, -0.2) is 9.78 Å². The van der Waals surface area contributed by atoms with E-state index in [1.165, 1.54) is 0 Å². The number of benzene rings is 2. The number of nitrogens with zero attached hydrogens (tertiary/aromatic N) is 2. The molecule has 0 unspecified atom stereocenters. The Morgan fingerprint density at radius 1 is 1.06 bits per heavy atom. The molecule has 9 heteroatoms. The monoisotopic (exact) mass is 492 g/mol. The fraction of sp³-hybridized carbons (Fsp3) is 0.200. The van der Waals surface area contributed by atoms with Crippen LogP contribution < -0.4 is 16.2 Å². The Morgan fingerprint density at radius 2 is 1.85 bits per heavy atom. The number of rotatable bonds is 8. The van der Waals surface area contributed by atoms with Gasteiger partial charge in [-0.2, -0.15) is 0 Å². The van der Waals surface area contributed by atoms with Crippen molar-refractivity contribution >= 4 is 45.9 Å². The largest absolute Gasteiger partial charge is 0.337 e. The molecule has 0 spiro atoms. The molecule has 0 saturated carbocycles. The number of carbonyl (C=O) groups is 2. The summed E-state index contributed by atoms with van der Waals surface area (Å²) in [5.74, 6) is -0.500. The third-order valence-corrected chi connectivity index (χ3v) is 7.02. The van der Waals surface area contributed by atoms with Crippen LogP contribution in [-0.2, 0) is 17.8 Å². The van der Waals surface area contributed by atoms with Crippen LogP contribution in [0.3, 0.4) is 0 Å². The van der Waals surface area contributed by atoms with E-state index in [4.69, 9.17) is 0 Å². The van der Waals surface area contributed by atoms with Gasteiger partial charge >= 0.3 is 6.03 Å². The minimum absolute atomic E-state index is 0.0446. The van der Waals surface area contributed by atoms with Crippen LogP contribution in [0.1, 0.15) is 16.0 Å². The number of nitrogens with one attached hydrogen (secondary N) is 2. The van der Waals surface area contributed by atoms with E-state index in [9.17, 15) is 14.4 Å². The van der Waals surface area contributed by atoms with Crippen LogP contribution in [0.2, 0.25) is 0 Å². The molecular formula is C25H24N4O3S2. The van der Waals surface area contributed by atoms with Gasteiger partial charge in [0.2, 0.25) is 5.91 Å². The van der Waals surface area contributed by atoms with E-state index < -0.39 is 11.9 Å². The van der Waals surface area contributed by atoms with Gasteiger partial charge in [0, 0.05) is 11.4 Å². The van der Waals surface area contributed by atoms with Gasteiger partial charge in [0.25, 0.3) is 5.56 Å². The fourth-order valence-corrected chi connectivity index (χ4v) is 4.87. The predicted molar refractivity (Wildman–Crippen MR) is 137 cm³/mol. The first-order chi connectivity index (χ1) is 16.5. The van der Waals surface area contributed by atoms with Crippen LogP contribution >= 0.6 is 23.1 Å². The second kappa shape index (κ2) is 11.1. The number of hydrogen-bond donors (Lipinski definition) is 2. The summed E-state index contributed by atoms with van der Waals surface area (Å²) in [7, 11) is 0. The highest BCUT2D eigenvalue weighted by Gasteiger charge is 2.15. The minimum Gasteiger partial charge on any atom is -0.337 e. The molecule has 2 aromatic heterocycles. The third-order valence-electron chi connectivity index (χ3n) is 5.11. The van der Waals surface area contributed by atoms with Crippen LogP contribution in [0, 0.1) is 6.92 Å². The van der Waals surface area contributed by atoms with Gasteiger partial charge in [-0.05, 0) is 42.5 Å². The maximum absolute atomic E-state index is 13.2. The Balaban J connectivity index is 1.43. The van der Waals surface area contributed by atoms with E-state index in [0.29, 0.717) is 35.6 Å². The number of carbonyl (C=O) groups excluding carboxylic acids is 2. The van der Waals surface area contributed by atoms with Crippen molar-refractivity contribution in [1.82, 2.24) is 20.2 Å². The van der Waals surface area contributed by atoms with Crippen molar-refractivity contribution in [2.24, 2.45) is 0 Å². The van der Waals surface area contributed by atoms with Crippen LogP contribution in [0.4, 0.5) is 4.79 Å². The topological polar surface area (TPSA) is 93.1 Å². The number of urea groups is 1. The third kappa shape index (κ3) is 6.12. The molecular weight excluding hydrogens is 468 g/mol. The molecule has 0 aliphatic rings. The molecule has 174 valence electrons. The van der Waals surface area contributed by atoms with Gasteiger partial charge in [0.05, 0.1) is 23.2 Å². The molecule has 3 amide bonds. The summed E-state index contributed by atoms with van der Waals surface area (Å²) < 4.78 is 1.58. The summed E-state index contributed by atoms with van der Waals surface area (Å²) in [6, 6.07) is 18.5. The van der Waals surface area contributed by atoms with Gasteiger partial charge < -0.3 is 5.32 Å². The number of imide groups is 1. The number of thiophene rings is 1. The zero-order valence-electron chi connectivity index (χ0n) is 18.6. The second-order valence-corrected chi connectivity index (χ2v) is 9.69. The maximum atomic E-state index is 13.2. The average molecular weight is 493 g/mol. The second-order valence-electron chi connectivity index (χ2n) is 7.71. The number of fused-ring (bicyclic) bond motifs is 1. The van der Waals surface area contributed by atoms with Crippen LogP contribution in [0.5, 0.6) is 0 Å². The summed E-state index contributed by atoms with van der Waals surface area (Å²) in [5.41, 5.74) is 2.50. The number of aryl methyl sites for hydroxylation is 1. The number of aromatic nitrogens is 2. The summed E-state index contributed by atoms with van der Waals surface area (Å²) in [6.45, 7) is 2.78. The lowest BCUT2D eigenvalue weighted by molar-refractivity contribution is -0.117. The zero-order valence-corrected chi connectivity index (χ0v) is 20.2. The first kappa shape index (κ1) is 23.7. The van der Waals surface area contributed by atoms with Gasteiger partial charge in [0.15, 0.2) is 5.16 Å². The number of para-hydroxylation sites is 1. The quantitative estimate of drug-likeness (QED) is 0.287. The fourth-order valence-electron chi connectivity index (χ4n) is 3.36. The van der Waals surface area contributed by atoms with Crippen molar-refractivity contribution in [3.05, 3.63) is 92.4 Å². The highest BCUT2D eigenvalue weighted by Crippen LogP contribution is 2.19. The van der Waals surface area contributed by atoms with Crippen molar-refractivity contribution in [3.8, 4) is 0 Å². The molecule has 2 aromatic carbocycles. The van der Waals surface area contributed by atoms with Crippen molar-refractivity contribution in [2.75, 3.05) is 12.3 Å². The molecule has 0 radical (unpaired) electrons. The van der Waals surface area contributed by atoms with E-state index in [-0.39, 0.29) is 11.3 Å². The van der Waals surface area contributed by atoms with Crippen molar-refractivity contribution in [1.29, 1.82) is 0 Å². The van der Waals surface area contributed by atoms with Crippen LogP contribution in [0.25, 0.3) is 10.9 Å². The summed E-state index contributed by atoms with van der Waals surface area (Å²) >= 11 is 2.75. The first-order valence-electron chi connectivity index (χ1n) is 10.8. The Bertz CT molecular complexity index is 1350. The Morgan fingerprint density at radius 3 is 2.62 bits per heavy atom. The average Bonchev–Trinajstić information content (AvgIpc) is 3.34. The number of hydrogen-bond acceptors (Lipinski definition) is 6. The first-order valence-corrected chi connectivity index (χ1v) is 12.6. The maximum Gasteiger partial charge on any atom is 0.321 e. The Kier molecular flexibility index (Phi) is 7.76. The van der Waals surface area contributed by atoms with E-state index in [1.807, 2.05) is 54.8 Å². The zero-order chi connectivity index (χ0) is 23.9. The molecule has 2 heterocycles. The lowest BCUT2D eigenvalue weighted by atomic mass is 10.1. The number of thioether (sulfide) groups is 1. The molecule has 34 heavy (non-hydrogen) atoms. The van der Waals surface area contributed by atoms with Gasteiger partial charge in [0.1, 0.15) is 0 Å². The minimum atomic E-state index is -0.536. The molecule has 0 bridgehead atoms. The molecule has 0 saturated heterocycles. The summed E-state index contributed by atoms with van der Waals surface area (Å²) in [5, 5.41) is 7.96. The Hall–Kier alpha value is -3.43. The number of amides is 3. The van der Waals surface area contributed by atoms with Gasteiger partial charge in [-0.15, -0.1) is 11.3 Å². The molecule has 4 aromatic rings. The van der Waals surface area contributed by atoms with E-state index in [1.54, 1.807) is 34.1 Å². The van der Waals surface area contributed by atoms with E-state index >= 15 is 0 Å². The molecule has 4 rings (SSSR count). The molecule has 0 atom stereocenters. The Labute approximate surface area is 205 Å². The van der Waals surface area contributed by atoms with E-state index in [2.05, 4.69) is 15.6 Å². The van der Waals surface area contributed by atoms with E-state index in [0.717, 1.165) is 27.8 Å². The van der Waals surface area contributed by atoms with Gasteiger partial charge in [-0.3, -0.25) is 19.5 Å². The molecule has 7 nitrogen and oxygen atoms in total. The molecule has 0 aliphatic carbocycles. The lowest BCUT2D eigenvalue weighted by Gasteiger charge is -2.13. The smallest absolute Gasteiger partial charge is 0.321 e. The van der Waals surface area contributed by atoms with Crippen molar-refractivity contribution in [3.63, 3.8) is 0 Å². The van der Waals surface area contributed by atoms with Crippen LogP contribution in [-0.4, -0.2) is 33.8 Å². The van der Waals surface area contributed by atoms with Crippen molar-refractivity contribution < 1.29 is 9.59 Å². The summed E-state index contributed by atoms with van der Waals surface area (Å²) in [6.07, 6.45) is 0.709.